The van der Waals surface area contributed by atoms with Gasteiger partial charge in [0, 0.05) is 19.3 Å². The largest absolute Gasteiger partial charge is 0.366 e. The molecule has 0 radical (unpaired) electrons. The number of rotatable bonds is 7. The highest BCUT2D eigenvalue weighted by Gasteiger charge is 2.00. The monoisotopic (exact) mass is 336 g/mol. The molecule has 0 aliphatic heterocycles. The third kappa shape index (κ3) is 5.28. The fourth-order valence-corrected chi connectivity index (χ4v) is 2.53. The number of hydrogen-bond donors (Lipinski definition) is 2. The molecule has 0 aliphatic rings. The van der Waals surface area contributed by atoms with Gasteiger partial charge in [-0.2, -0.15) is 4.98 Å². The summed E-state index contributed by atoms with van der Waals surface area (Å²) in [6, 6.07) is 16.7. The van der Waals surface area contributed by atoms with E-state index in [9.17, 15) is 4.39 Å². The van der Waals surface area contributed by atoms with Gasteiger partial charge in [-0.1, -0.05) is 42.0 Å². The van der Waals surface area contributed by atoms with Crippen LogP contribution in [0.1, 0.15) is 16.7 Å². The van der Waals surface area contributed by atoms with Crippen molar-refractivity contribution in [3.8, 4) is 0 Å². The van der Waals surface area contributed by atoms with Crippen LogP contribution in [-0.4, -0.2) is 16.5 Å². The Kier molecular flexibility index (Phi) is 5.57. The van der Waals surface area contributed by atoms with E-state index in [4.69, 9.17) is 0 Å². The highest BCUT2D eigenvalue weighted by atomic mass is 19.1. The first-order valence-electron chi connectivity index (χ1n) is 8.30. The summed E-state index contributed by atoms with van der Waals surface area (Å²) in [5.41, 5.74) is 3.53. The molecule has 5 heteroatoms. The van der Waals surface area contributed by atoms with Crippen LogP contribution in [0.4, 0.5) is 16.2 Å². The second kappa shape index (κ2) is 8.24. The average Bonchev–Trinajstić information content (AvgIpc) is 2.62. The lowest BCUT2D eigenvalue weighted by atomic mass is 10.1. The predicted octanol–water partition coefficient (Wildman–Crippen LogP) is 4.19. The minimum Gasteiger partial charge on any atom is -0.366 e. The van der Waals surface area contributed by atoms with Crippen LogP contribution in [0.25, 0.3) is 0 Å². The summed E-state index contributed by atoms with van der Waals surface area (Å²) in [6.07, 6.45) is 2.51. The van der Waals surface area contributed by atoms with Gasteiger partial charge in [0.2, 0.25) is 5.95 Å². The highest BCUT2D eigenvalue weighted by molar-refractivity contribution is 5.40. The number of nitrogens with zero attached hydrogens (tertiary/aromatic N) is 2. The van der Waals surface area contributed by atoms with Crippen molar-refractivity contribution in [3.05, 3.63) is 83.3 Å². The second-order valence-corrected chi connectivity index (χ2v) is 5.91. The molecule has 0 unspecified atom stereocenters. The Morgan fingerprint density at radius 2 is 1.80 bits per heavy atom. The zero-order chi connectivity index (χ0) is 17.5. The molecular formula is C20H21FN4. The molecule has 0 spiro atoms. The van der Waals surface area contributed by atoms with Crippen LogP contribution in [0.3, 0.4) is 0 Å². The number of aromatic nitrogens is 2. The van der Waals surface area contributed by atoms with Crippen molar-refractivity contribution in [3.63, 3.8) is 0 Å². The summed E-state index contributed by atoms with van der Waals surface area (Å²) < 4.78 is 12.9. The Morgan fingerprint density at radius 3 is 2.60 bits per heavy atom. The van der Waals surface area contributed by atoms with Crippen LogP contribution >= 0.6 is 0 Å². The van der Waals surface area contributed by atoms with Gasteiger partial charge in [-0.25, -0.2) is 9.37 Å². The standard InChI is InChI=1S/C20H21FN4/c1-15-3-2-4-17(13-15)14-24-19-10-12-23-20(25-19)22-11-9-16-5-7-18(21)8-6-16/h2-8,10,12-13H,9,11,14H2,1H3,(H2,22,23,24,25). The zero-order valence-electron chi connectivity index (χ0n) is 14.2. The summed E-state index contributed by atoms with van der Waals surface area (Å²) in [4.78, 5) is 8.69. The molecule has 1 aromatic heterocycles. The van der Waals surface area contributed by atoms with Crippen molar-refractivity contribution < 1.29 is 4.39 Å². The lowest BCUT2D eigenvalue weighted by molar-refractivity contribution is 0.627. The molecule has 4 nitrogen and oxygen atoms in total. The van der Waals surface area contributed by atoms with Gasteiger partial charge in [0.1, 0.15) is 11.6 Å². The Balaban J connectivity index is 1.51. The molecular weight excluding hydrogens is 315 g/mol. The van der Waals surface area contributed by atoms with E-state index in [1.807, 2.05) is 6.07 Å². The smallest absolute Gasteiger partial charge is 0.224 e. The minimum absolute atomic E-state index is 0.215. The van der Waals surface area contributed by atoms with Gasteiger partial charge in [-0.05, 0) is 42.7 Å². The molecule has 2 aromatic carbocycles. The van der Waals surface area contributed by atoms with Gasteiger partial charge in [-0.15, -0.1) is 0 Å². The van der Waals surface area contributed by atoms with E-state index in [1.54, 1.807) is 18.3 Å². The molecule has 0 fully saturated rings. The van der Waals surface area contributed by atoms with Crippen LogP contribution in [0, 0.1) is 12.7 Å². The topological polar surface area (TPSA) is 49.8 Å². The number of anilines is 2. The Labute approximate surface area is 147 Å². The first kappa shape index (κ1) is 16.9. The summed E-state index contributed by atoms with van der Waals surface area (Å²) in [5.74, 6) is 1.14. The average molecular weight is 336 g/mol. The van der Waals surface area contributed by atoms with E-state index >= 15 is 0 Å². The normalized spacial score (nSPS) is 10.5. The van der Waals surface area contributed by atoms with Gasteiger partial charge < -0.3 is 10.6 Å². The molecule has 3 aromatic rings. The maximum atomic E-state index is 12.9. The molecule has 0 aliphatic carbocycles. The molecule has 0 bridgehead atoms. The third-order valence-corrected chi connectivity index (χ3v) is 3.82. The number of hydrogen-bond acceptors (Lipinski definition) is 4. The maximum Gasteiger partial charge on any atom is 0.224 e. The lowest BCUT2D eigenvalue weighted by Crippen LogP contribution is -2.09. The van der Waals surface area contributed by atoms with E-state index in [2.05, 4.69) is 51.8 Å². The summed E-state index contributed by atoms with van der Waals surface area (Å²) >= 11 is 0. The van der Waals surface area contributed by atoms with Gasteiger partial charge in [0.05, 0.1) is 0 Å². The Bertz CT molecular complexity index is 818. The van der Waals surface area contributed by atoms with Crippen molar-refractivity contribution in [2.24, 2.45) is 0 Å². The van der Waals surface area contributed by atoms with Gasteiger partial charge in [0.15, 0.2) is 0 Å². The SMILES string of the molecule is Cc1cccc(CNc2ccnc(NCCc3ccc(F)cc3)n2)c1. The number of nitrogens with one attached hydrogen (secondary N) is 2. The molecule has 2 N–H and O–H groups in total. The maximum absolute atomic E-state index is 12.9. The first-order valence-corrected chi connectivity index (χ1v) is 8.30. The van der Waals surface area contributed by atoms with Crippen LogP contribution in [0.5, 0.6) is 0 Å². The summed E-state index contributed by atoms with van der Waals surface area (Å²) in [6.45, 7) is 3.48. The van der Waals surface area contributed by atoms with E-state index in [1.165, 1.54) is 23.3 Å². The summed E-state index contributed by atoms with van der Waals surface area (Å²) in [5, 5.41) is 6.51. The van der Waals surface area contributed by atoms with E-state index < -0.39 is 0 Å². The fourth-order valence-electron chi connectivity index (χ4n) is 2.53. The first-order chi connectivity index (χ1) is 12.2. The molecule has 0 atom stereocenters. The fraction of sp³-hybridized carbons (Fsp3) is 0.200. The van der Waals surface area contributed by atoms with Crippen molar-refractivity contribution in [2.75, 3.05) is 17.2 Å². The predicted molar refractivity (Wildman–Crippen MR) is 99.1 cm³/mol. The quantitative estimate of drug-likeness (QED) is 0.679. The molecule has 0 amide bonds. The van der Waals surface area contributed by atoms with Gasteiger partial charge >= 0.3 is 0 Å². The van der Waals surface area contributed by atoms with Crippen LogP contribution < -0.4 is 10.6 Å². The minimum atomic E-state index is -0.215. The molecule has 1 heterocycles. The zero-order valence-corrected chi connectivity index (χ0v) is 14.2. The van der Waals surface area contributed by atoms with Gasteiger partial charge in [-0.3, -0.25) is 0 Å². The van der Waals surface area contributed by atoms with Crippen molar-refractivity contribution >= 4 is 11.8 Å². The van der Waals surface area contributed by atoms with Crippen molar-refractivity contribution in [1.82, 2.24) is 9.97 Å². The van der Waals surface area contributed by atoms with E-state index in [-0.39, 0.29) is 5.82 Å². The third-order valence-electron chi connectivity index (χ3n) is 3.82. The molecule has 0 saturated carbocycles. The van der Waals surface area contributed by atoms with Crippen molar-refractivity contribution in [1.29, 1.82) is 0 Å². The van der Waals surface area contributed by atoms with E-state index in [0.717, 1.165) is 17.8 Å². The number of aryl methyl sites for hydroxylation is 1. The van der Waals surface area contributed by atoms with Crippen molar-refractivity contribution in [2.45, 2.75) is 19.9 Å². The van der Waals surface area contributed by atoms with Crippen LogP contribution in [-0.2, 0) is 13.0 Å². The molecule has 25 heavy (non-hydrogen) atoms. The molecule has 3 rings (SSSR count). The van der Waals surface area contributed by atoms with Gasteiger partial charge in [0.25, 0.3) is 0 Å². The highest BCUT2D eigenvalue weighted by Crippen LogP contribution is 2.10. The molecule has 128 valence electrons. The Hall–Kier alpha value is -2.95. The molecule has 0 saturated heterocycles. The number of benzene rings is 2. The number of halogens is 1. The van der Waals surface area contributed by atoms with Crippen LogP contribution in [0.2, 0.25) is 0 Å². The second-order valence-electron chi connectivity index (χ2n) is 5.91. The van der Waals surface area contributed by atoms with Crippen LogP contribution in [0.15, 0.2) is 60.8 Å². The lowest BCUT2D eigenvalue weighted by Gasteiger charge is -2.09. The Morgan fingerprint density at radius 1 is 0.960 bits per heavy atom. The summed E-state index contributed by atoms with van der Waals surface area (Å²) in [7, 11) is 0. The van der Waals surface area contributed by atoms with E-state index in [0.29, 0.717) is 19.0 Å².